The molecule has 0 spiro atoms. The van der Waals surface area contributed by atoms with Crippen molar-refractivity contribution in [2.45, 2.75) is 39.4 Å². The number of nitrogens with one attached hydrogen (secondary N) is 3. The summed E-state index contributed by atoms with van der Waals surface area (Å²) in [6, 6.07) is 4.00. The third kappa shape index (κ3) is 5.87. The van der Waals surface area contributed by atoms with Gasteiger partial charge in [-0.25, -0.2) is 9.18 Å². The molecule has 1 saturated heterocycles. The lowest BCUT2D eigenvalue weighted by atomic mass is 10.2. The Hall–Kier alpha value is -2.35. The van der Waals surface area contributed by atoms with Crippen LogP contribution < -0.4 is 20.9 Å². The van der Waals surface area contributed by atoms with Gasteiger partial charge in [0.1, 0.15) is 5.82 Å². The molecule has 0 bridgehead atoms. The average Bonchev–Trinajstić information content (AvgIpc) is 2.57. The highest BCUT2D eigenvalue weighted by Crippen LogP contribution is 2.26. The summed E-state index contributed by atoms with van der Waals surface area (Å²) in [5, 5.41) is 7.62. The van der Waals surface area contributed by atoms with E-state index < -0.39 is 11.8 Å². The Bertz CT molecular complexity index is 631. The summed E-state index contributed by atoms with van der Waals surface area (Å²) < 4.78 is 20.1. The number of ether oxygens (including phenoxy) is 1. The molecule has 1 aliphatic heterocycles. The van der Waals surface area contributed by atoms with E-state index in [1.54, 1.807) is 12.1 Å². The topological polar surface area (TPSA) is 82.7 Å². The summed E-state index contributed by atoms with van der Waals surface area (Å²) in [6.07, 6.45) is 0.880. The van der Waals surface area contributed by atoms with Crippen molar-refractivity contribution in [3.63, 3.8) is 0 Å². The first kappa shape index (κ1) is 20.0. The average molecular weight is 366 g/mol. The van der Waals surface area contributed by atoms with Gasteiger partial charge in [0.05, 0.1) is 24.4 Å². The highest BCUT2D eigenvalue weighted by Gasteiger charge is 2.24. The Morgan fingerprint density at radius 1 is 1.23 bits per heavy atom. The first-order valence-corrected chi connectivity index (χ1v) is 8.90. The second kappa shape index (κ2) is 9.38. The number of amides is 3. The van der Waals surface area contributed by atoms with E-state index in [-0.39, 0.29) is 24.7 Å². The molecule has 8 heteroatoms. The second-order valence-corrected chi connectivity index (χ2v) is 6.49. The zero-order chi connectivity index (χ0) is 19.1. The van der Waals surface area contributed by atoms with Crippen LogP contribution in [0.5, 0.6) is 0 Å². The molecule has 7 nitrogen and oxygen atoms in total. The van der Waals surface area contributed by atoms with Crippen molar-refractivity contribution in [3.05, 3.63) is 24.0 Å². The van der Waals surface area contributed by atoms with E-state index >= 15 is 0 Å². The maximum atomic E-state index is 14.5. The number of nitrogens with zero attached hydrogens (tertiary/aromatic N) is 1. The fraction of sp³-hybridized carbons (Fsp3) is 0.556. The molecule has 1 aromatic rings. The molecular weight excluding hydrogens is 339 g/mol. The summed E-state index contributed by atoms with van der Waals surface area (Å²) >= 11 is 0. The maximum Gasteiger partial charge on any atom is 0.319 e. The van der Waals surface area contributed by atoms with Crippen LogP contribution in [-0.2, 0) is 9.53 Å². The predicted octanol–water partition coefficient (Wildman–Crippen LogP) is 2.09. The Kier molecular flexibility index (Phi) is 7.20. The molecule has 1 fully saturated rings. The van der Waals surface area contributed by atoms with Crippen LogP contribution in [0, 0.1) is 5.82 Å². The van der Waals surface area contributed by atoms with Gasteiger partial charge in [0.25, 0.3) is 0 Å². The third-order valence-electron chi connectivity index (χ3n) is 3.95. The van der Waals surface area contributed by atoms with E-state index in [0.29, 0.717) is 31.0 Å². The first-order chi connectivity index (χ1) is 12.4. The van der Waals surface area contributed by atoms with E-state index in [0.717, 1.165) is 6.42 Å². The van der Waals surface area contributed by atoms with Gasteiger partial charge in [-0.2, -0.15) is 0 Å². The lowest BCUT2D eigenvalue weighted by Gasteiger charge is -2.37. The number of hydrogen-bond donors (Lipinski definition) is 3. The molecule has 0 aliphatic carbocycles. The van der Waals surface area contributed by atoms with Gasteiger partial charge in [0, 0.05) is 25.3 Å². The Labute approximate surface area is 153 Å². The highest BCUT2D eigenvalue weighted by molar-refractivity contribution is 5.92. The van der Waals surface area contributed by atoms with Crippen LogP contribution >= 0.6 is 0 Å². The monoisotopic (exact) mass is 366 g/mol. The summed E-state index contributed by atoms with van der Waals surface area (Å²) in [4.78, 5) is 25.2. The van der Waals surface area contributed by atoms with Crippen LogP contribution in [0.25, 0.3) is 0 Å². The number of rotatable bonds is 6. The molecule has 3 amide bonds. The number of morpholine rings is 1. The van der Waals surface area contributed by atoms with Crippen molar-refractivity contribution < 1.29 is 18.7 Å². The molecular formula is C18H27FN4O3. The number of anilines is 2. The number of urea groups is 1. The molecule has 0 saturated carbocycles. The normalized spacial score (nSPS) is 19.8. The van der Waals surface area contributed by atoms with Gasteiger partial charge in [-0.15, -0.1) is 0 Å². The molecule has 2 atom stereocenters. The smallest absolute Gasteiger partial charge is 0.319 e. The number of carbonyl (C=O) groups excluding carboxylic acids is 2. The van der Waals surface area contributed by atoms with Crippen LogP contribution in [0.1, 0.15) is 27.2 Å². The van der Waals surface area contributed by atoms with Gasteiger partial charge < -0.3 is 25.6 Å². The summed E-state index contributed by atoms with van der Waals surface area (Å²) in [7, 11) is 0. The van der Waals surface area contributed by atoms with Crippen LogP contribution in [0.3, 0.4) is 0 Å². The summed E-state index contributed by atoms with van der Waals surface area (Å²) in [5.41, 5.74) is 0.809. The van der Waals surface area contributed by atoms with Gasteiger partial charge in [0.2, 0.25) is 5.91 Å². The number of benzene rings is 1. The minimum absolute atomic E-state index is 0.0283. The van der Waals surface area contributed by atoms with Crippen molar-refractivity contribution in [3.8, 4) is 0 Å². The van der Waals surface area contributed by atoms with E-state index in [2.05, 4.69) is 16.0 Å². The molecule has 3 N–H and O–H groups in total. The van der Waals surface area contributed by atoms with Gasteiger partial charge >= 0.3 is 6.03 Å². The Balaban J connectivity index is 1.90. The van der Waals surface area contributed by atoms with Crippen molar-refractivity contribution in [1.82, 2.24) is 10.6 Å². The van der Waals surface area contributed by atoms with Crippen LogP contribution in [0.2, 0.25) is 0 Å². The standard InChI is InChI=1S/C18H27FN4O3/c1-4-7-20-17(24)9-21-18(25)22-14-5-6-16(15(19)8-14)23-10-12(2)26-13(3)11-23/h5-6,8,12-13H,4,7,9-11H2,1-3H3,(H,20,24)(H2,21,22,25). The predicted molar refractivity (Wildman–Crippen MR) is 98.9 cm³/mol. The fourth-order valence-electron chi connectivity index (χ4n) is 2.88. The minimum Gasteiger partial charge on any atom is -0.372 e. The molecule has 1 heterocycles. The minimum atomic E-state index is -0.558. The molecule has 0 aromatic heterocycles. The highest BCUT2D eigenvalue weighted by atomic mass is 19.1. The van der Waals surface area contributed by atoms with Crippen molar-refractivity contribution in [1.29, 1.82) is 0 Å². The SMILES string of the molecule is CCCNC(=O)CNC(=O)Nc1ccc(N2CC(C)OC(C)C2)c(F)c1. The largest absolute Gasteiger partial charge is 0.372 e. The van der Waals surface area contributed by atoms with Gasteiger partial charge in [0.15, 0.2) is 0 Å². The lowest BCUT2D eigenvalue weighted by Crippen LogP contribution is -2.45. The Morgan fingerprint density at radius 2 is 1.92 bits per heavy atom. The summed E-state index contributed by atoms with van der Waals surface area (Å²) in [6.45, 7) is 7.51. The van der Waals surface area contributed by atoms with Crippen molar-refractivity contribution >= 4 is 23.3 Å². The molecule has 2 unspecified atom stereocenters. The maximum absolute atomic E-state index is 14.5. The van der Waals surface area contributed by atoms with E-state index in [4.69, 9.17) is 4.74 Å². The number of hydrogen-bond acceptors (Lipinski definition) is 4. The van der Waals surface area contributed by atoms with E-state index in [1.165, 1.54) is 6.07 Å². The molecule has 1 aromatic carbocycles. The fourth-order valence-corrected chi connectivity index (χ4v) is 2.88. The Morgan fingerprint density at radius 3 is 2.54 bits per heavy atom. The van der Waals surface area contributed by atoms with Gasteiger partial charge in [-0.3, -0.25) is 4.79 Å². The van der Waals surface area contributed by atoms with Crippen molar-refractivity contribution in [2.75, 3.05) is 36.4 Å². The van der Waals surface area contributed by atoms with Crippen LogP contribution in [-0.4, -0.2) is 50.3 Å². The molecule has 144 valence electrons. The zero-order valence-electron chi connectivity index (χ0n) is 15.5. The van der Waals surface area contributed by atoms with Gasteiger partial charge in [-0.05, 0) is 38.5 Å². The summed E-state index contributed by atoms with van der Waals surface area (Å²) in [5.74, 6) is -0.677. The second-order valence-electron chi connectivity index (χ2n) is 6.49. The molecule has 2 rings (SSSR count). The van der Waals surface area contributed by atoms with Crippen LogP contribution in [0.15, 0.2) is 18.2 Å². The number of halogens is 1. The van der Waals surface area contributed by atoms with E-state index in [9.17, 15) is 14.0 Å². The molecule has 0 radical (unpaired) electrons. The number of carbonyl (C=O) groups is 2. The van der Waals surface area contributed by atoms with Crippen LogP contribution in [0.4, 0.5) is 20.6 Å². The molecule has 26 heavy (non-hydrogen) atoms. The third-order valence-corrected chi connectivity index (χ3v) is 3.95. The molecule has 1 aliphatic rings. The van der Waals surface area contributed by atoms with E-state index in [1.807, 2.05) is 25.7 Å². The van der Waals surface area contributed by atoms with Gasteiger partial charge in [-0.1, -0.05) is 6.92 Å². The first-order valence-electron chi connectivity index (χ1n) is 8.90. The van der Waals surface area contributed by atoms with Crippen molar-refractivity contribution in [2.24, 2.45) is 0 Å². The zero-order valence-corrected chi connectivity index (χ0v) is 15.5. The lowest BCUT2D eigenvalue weighted by molar-refractivity contribution is -0.120. The quantitative estimate of drug-likeness (QED) is 0.720.